The van der Waals surface area contributed by atoms with E-state index < -0.39 is 0 Å². The lowest BCUT2D eigenvalue weighted by atomic mass is 10.4. The first-order chi connectivity index (χ1) is 5.27. The molecule has 1 aliphatic heterocycles. The molecule has 0 saturated heterocycles. The van der Waals surface area contributed by atoms with Gasteiger partial charge in [-0.15, -0.1) is 0 Å². The van der Waals surface area contributed by atoms with Gasteiger partial charge in [0.05, 0.1) is 6.54 Å². The van der Waals surface area contributed by atoms with E-state index in [9.17, 15) is 4.79 Å². The lowest BCUT2D eigenvalue weighted by Gasteiger charge is -2.12. The van der Waals surface area contributed by atoms with Crippen LogP contribution in [0.15, 0.2) is 4.60 Å². The smallest absolute Gasteiger partial charge is 0.243 e. The van der Waals surface area contributed by atoms with Crippen molar-refractivity contribution in [2.75, 3.05) is 17.2 Å². The molecule has 2 rings (SSSR count). The van der Waals surface area contributed by atoms with Gasteiger partial charge >= 0.3 is 0 Å². The van der Waals surface area contributed by atoms with E-state index in [0.717, 1.165) is 0 Å². The second-order valence-electron chi connectivity index (χ2n) is 2.16. The minimum atomic E-state index is -0.0559. The van der Waals surface area contributed by atoms with Gasteiger partial charge in [-0.1, -0.05) is 0 Å². The first-order valence-corrected chi connectivity index (χ1v) is 3.84. The molecule has 6 heteroatoms. The van der Waals surface area contributed by atoms with E-state index in [1.807, 2.05) is 0 Å². The van der Waals surface area contributed by atoms with Crippen molar-refractivity contribution in [3.63, 3.8) is 0 Å². The van der Waals surface area contributed by atoms with Crippen LogP contribution in [0.3, 0.4) is 0 Å². The number of hydrogen-bond donors (Lipinski definition) is 3. The number of aromatic amines is 1. The van der Waals surface area contributed by atoms with Gasteiger partial charge < -0.3 is 10.6 Å². The molecule has 0 spiro atoms. The molecule has 0 unspecified atom stereocenters. The van der Waals surface area contributed by atoms with E-state index >= 15 is 0 Å². The van der Waals surface area contributed by atoms with Crippen LogP contribution in [0.1, 0.15) is 0 Å². The van der Waals surface area contributed by atoms with E-state index in [4.69, 9.17) is 0 Å². The van der Waals surface area contributed by atoms with E-state index in [-0.39, 0.29) is 12.5 Å². The highest BCUT2D eigenvalue weighted by Gasteiger charge is 2.18. The fraction of sp³-hybridized carbons (Fsp3) is 0.200. The van der Waals surface area contributed by atoms with Gasteiger partial charge in [0.25, 0.3) is 0 Å². The van der Waals surface area contributed by atoms with Crippen LogP contribution in [-0.2, 0) is 4.79 Å². The number of fused-ring (bicyclic) bond motifs is 1. The maximum absolute atomic E-state index is 10.8. The van der Waals surface area contributed by atoms with Crippen molar-refractivity contribution in [3.8, 4) is 0 Å². The second kappa shape index (κ2) is 2.23. The number of nitrogens with zero attached hydrogens (tertiary/aromatic N) is 1. The predicted octanol–water partition coefficient (Wildman–Crippen LogP) is 0.536. The number of carbonyl (C=O) groups is 1. The van der Waals surface area contributed by atoms with Gasteiger partial charge in [-0.3, -0.25) is 9.89 Å². The molecule has 0 aromatic carbocycles. The summed E-state index contributed by atoms with van der Waals surface area (Å²) in [6, 6.07) is 0. The molecule has 5 nitrogen and oxygen atoms in total. The Balaban J connectivity index is 2.45. The Morgan fingerprint density at radius 2 is 2.36 bits per heavy atom. The SMILES string of the molecule is O=C1CNc2n[nH]c(Br)c2N1. The number of amides is 1. The molecule has 0 radical (unpaired) electrons. The predicted molar refractivity (Wildman–Crippen MR) is 43.4 cm³/mol. The number of hydrogen-bond acceptors (Lipinski definition) is 3. The summed E-state index contributed by atoms with van der Waals surface area (Å²) in [5, 5.41) is 12.1. The molecule has 0 fully saturated rings. The van der Waals surface area contributed by atoms with Crippen LogP contribution in [0, 0.1) is 0 Å². The zero-order valence-corrected chi connectivity index (χ0v) is 7.03. The van der Waals surface area contributed by atoms with Crippen LogP contribution in [0.2, 0.25) is 0 Å². The minimum absolute atomic E-state index is 0.0559. The molecule has 0 bridgehead atoms. The van der Waals surface area contributed by atoms with Crippen molar-refractivity contribution >= 4 is 33.3 Å². The normalized spacial score (nSPS) is 15.2. The molecule has 11 heavy (non-hydrogen) atoms. The third-order valence-electron chi connectivity index (χ3n) is 1.40. The second-order valence-corrected chi connectivity index (χ2v) is 2.96. The monoisotopic (exact) mass is 216 g/mol. The molecule has 1 amide bonds. The number of halogens is 1. The molecule has 2 heterocycles. The number of rotatable bonds is 0. The van der Waals surface area contributed by atoms with Crippen LogP contribution < -0.4 is 10.6 Å². The molecular weight excluding hydrogens is 212 g/mol. The highest BCUT2D eigenvalue weighted by molar-refractivity contribution is 9.10. The van der Waals surface area contributed by atoms with Crippen molar-refractivity contribution in [3.05, 3.63) is 4.60 Å². The van der Waals surface area contributed by atoms with Crippen LogP contribution >= 0.6 is 15.9 Å². The van der Waals surface area contributed by atoms with Gasteiger partial charge in [-0.05, 0) is 15.9 Å². The van der Waals surface area contributed by atoms with E-state index in [2.05, 4.69) is 36.8 Å². The Morgan fingerprint density at radius 3 is 3.18 bits per heavy atom. The summed E-state index contributed by atoms with van der Waals surface area (Å²) in [5.74, 6) is 0.621. The van der Waals surface area contributed by atoms with Crippen LogP contribution in [0.5, 0.6) is 0 Å². The maximum Gasteiger partial charge on any atom is 0.243 e. The number of carbonyl (C=O) groups excluding carboxylic acids is 1. The zero-order valence-electron chi connectivity index (χ0n) is 5.44. The summed E-state index contributed by atoms with van der Waals surface area (Å²) in [5.41, 5.74) is 0.682. The summed E-state index contributed by atoms with van der Waals surface area (Å²) in [7, 11) is 0. The minimum Gasteiger partial charge on any atom is -0.358 e. The number of anilines is 2. The third kappa shape index (κ3) is 0.988. The van der Waals surface area contributed by atoms with Gasteiger partial charge in [0.2, 0.25) is 5.91 Å². The molecular formula is C5H5BrN4O. The fourth-order valence-electron chi connectivity index (χ4n) is 0.910. The highest BCUT2D eigenvalue weighted by atomic mass is 79.9. The average Bonchev–Trinajstić information content (AvgIpc) is 2.33. The topological polar surface area (TPSA) is 69.8 Å². The fourth-order valence-corrected chi connectivity index (χ4v) is 1.29. The highest BCUT2D eigenvalue weighted by Crippen LogP contribution is 2.29. The number of H-pyrrole nitrogens is 1. The third-order valence-corrected chi connectivity index (χ3v) is 1.98. The van der Waals surface area contributed by atoms with Crippen molar-refractivity contribution in [1.29, 1.82) is 0 Å². The van der Waals surface area contributed by atoms with E-state index in [0.29, 0.717) is 16.1 Å². The Morgan fingerprint density at radius 1 is 1.55 bits per heavy atom. The van der Waals surface area contributed by atoms with Gasteiger partial charge in [0, 0.05) is 0 Å². The van der Waals surface area contributed by atoms with E-state index in [1.54, 1.807) is 0 Å². The molecule has 3 N–H and O–H groups in total. The van der Waals surface area contributed by atoms with Crippen molar-refractivity contribution in [2.24, 2.45) is 0 Å². The maximum atomic E-state index is 10.8. The molecule has 1 aromatic heterocycles. The summed E-state index contributed by atoms with van der Waals surface area (Å²) >= 11 is 3.21. The first-order valence-electron chi connectivity index (χ1n) is 3.05. The summed E-state index contributed by atoms with van der Waals surface area (Å²) in [6.07, 6.45) is 0. The van der Waals surface area contributed by atoms with Gasteiger partial charge in [-0.25, -0.2) is 0 Å². The first kappa shape index (κ1) is 6.66. The van der Waals surface area contributed by atoms with Gasteiger partial charge in [-0.2, -0.15) is 5.10 Å². The van der Waals surface area contributed by atoms with Crippen molar-refractivity contribution in [2.45, 2.75) is 0 Å². The summed E-state index contributed by atoms with van der Waals surface area (Å²) < 4.78 is 0.688. The standard InChI is InChI=1S/C5H5BrN4O/c6-4-3-5(10-9-4)7-1-2(11)8-3/h1H2,(H,8,11)(H2,7,9,10). The Labute approximate surface area is 70.7 Å². The molecule has 0 aliphatic carbocycles. The van der Waals surface area contributed by atoms with Gasteiger partial charge in [0.1, 0.15) is 10.3 Å². The lowest BCUT2D eigenvalue weighted by molar-refractivity contribution is -0.114. The van der Waals surface area contributed by atoms with E-state index in [1.165, 1.54) is 0 Å². The Hall–Kier alpha value is -1.04. The quantitative estimate of drug-likeness (QED) is 0.593. The number of aromatic nitrogens is 2. The zero-order chi connectivity index (χ0) is 7.84. The molecule has 0 atom stereocenters. The summed E-state index contributed by atoms with van der Waals surface area (Å²) in [6.45, 7) is 0.282. The molecule has 1 aliphatic rings. The van der Waals surface area contributed by atoms with Crippen LogP contribution in [0.4, 0.5) is 11.5 Å². The van der Waals surface area contributed by atoms with Gasteiger partial charge in [0.15, 0.2) is 5.82 Å². The van der Waals surface area contributed by atoms with Crippen molar-refractivity contribution < 1.29 is 4.79 Å². The summed E-state index contributed by atoms with van der Waals surface area (Å²) in [4.78, 5) is 10.8. The average molecular weight is 217 g/mol. The molecule has 58 valence electrons. The Bertz CT molecular complexity index is 307. The number of nitrogens with one attached hydrogen (secondary N) is 3. The lowest BCUT2D eigenvalue weighted by Crippen LogP contribution is -2.26. The van der Waals surface area contributed by atoms with Crippen LogP contribution in [-0.4, -0.2) is 22.6 Å². The molecule has 0 saturated carbocycles. The molecule has 1 aromatic rings. The Kier molecular flexibility index (Phi) is 1.35. The largest absolute Gasteiger partial charge is 0.358 e. The van der Waals surface area contributed by atoms with Crippen LogP contribution in [0.25, 0.3) is 0 Å². The van der Waals surface area contributed by atoms with Crippen molar-refractivity contribution in [1.82, 2.24) is 10.2 Å².